The second kappa shape index (κ2) is 6.20. The smallest absolute Gasteiger partial charge is 0.329 e. The molecule has 6 heteroatoms. The van der Waals surface area contributed by atoms with Crippen molar-refractivity contribution in [1.29, 1.82) is 0 Å². The molecule has 0 atom stereocenters. The largest absolute Gasteiger partial charge is 0.493 e. The summed E-state index contributed by atoms with van der Waals surface area (Å²) in [6.07, 6.45) is 2.03. The molecule has 1 amide bonds. The van der Waals surface area contributed by atoms with Crippen LogP contribution >= 0.6 is 11.8 Å². The molecule has 1 saturated heterocycles. The number of amides is 1. The van der Waals surface area contributed by atoms with Gasteiger partial charge in [-0.2, -0.15) is 11.8 Å². The number of hydrogen-bond donors (Lipinski definition) is 2. The van der Waals surface area contributed by atoms with E-state index in [0.29, 0.717) is 19.4 Å². The predicted molar refractivity (Wildman–Crippen MR) is 84.4 cm³/mol. The van der Waals surface area contributed by atoms with E-state index in [9.17, 15) is 14.7 Å². The highest BCUT2D eigenvalue weighted by Gasteiger charge is 2.41. The highest BCUT2D eigenvalue weighted by Crippen LogP contribution is 2.28. The fraction of sp³-hybridized carbons (Fsp3) is 0.500. The Morgan fingerprint density at radius 2 is 2.09 bits per heavy atom. The number of carboxylic acids is 1. The molecule has 0 bridgehead atoms. The fourth-order valence-electron chi connectivity index (χ4n) is 2.96. The number of hydrogen-bond acceptors (Lipinski definition) is 4. The Hall–Kier alpha value is -1.69. The molecule has 2 aliphatic heterocycles. The number of carbonyl (C=O) groups is 2. The number of thioether (sulfide) groups is 1. The van der Waals surface area contributed by atoms with Crippen LogP contribution in [0.5, 0.6) is 5.75 Å². The average molecular weight is 321 g/mol. The third kappa shape index (κ3) is 3.06. The normalized spacial score (nSPS) is 19.1. The summed E-state index contributed by atoms with van der Waals surface area (Å²) < 4.78 is 5.45. The van der Waals surface area contributed by atoms with Gasteiger partial charge in [0.2, 0.25) is 5.91 Å². The van der Waals surface area contributed by atoms with Crippen LogP contribution in [-0.2, 0) is 22.4 Å². The zero-order valence-electron chi connectivity index (χ0n) is 12.3. The van der Waals surface area contributed by atoms with E-state index in [1.807, 2.05) is 18.2 Å². The van der Waals surface area contributed by atoms with Gasteiger partial charge in [-0.3, -0.25) is 4.79 Å². The Balaban J connectivity index is 1.67. The molecule has 1 aromatic rings. The zero-order chi connectivity index (χ0) is 15.6. The Morgan fingerprint density at radius 3 is 2.82 bits per heavy atom. The standard InChI is InChI=1S/C16H19NO4S/c18-14(17-16(15(19)20)4-7-22-8-5-16)10-11-1-2-13-12(9-11)3-6-21-13/h1-2,9H,3-8,10H2,(H,17,18)(H,19,20). The third-order valence-electron chi connectivity index (χ3n) is 4.25. The first kappa shape index (κ1) is 15.2. The van der Waals surface area contributed by atoms with Crippen molar-refractivity contribution in [2.24, 2.45) is 0 Å². The van der Waals surface area contributed by atoms with Crippen molar-refractivity contribution < 1.29 is 19.4 Å². The molecule has 0 radical (unpaired) electrons. The monoisotopic (exact) mass is 321 g/mol. The molecular weight excluding hydrogens is 302 g/mol. The second-order valence-corrected chi connectivity index (χ2v) is 6.99. The van der Waals surface area contributed by atoms with Gasteiger partial charge in [-0.25, -0.2) is 4.79 Å². The summed E-state index contributed by atoms with van der Waals surface area (Å²) in [5.41, 5.74) is 0.919. The van der Waals surface area contributed by atoms with E-state index < -0.39 is 11.5 Å². The van der Waals surface area contributed by atoms with Crippen molar-refractivity contribution in [3.05, 3.63) is 29.3 Å². The summed E-state index contributed by atoms with van der Waals surface area (Å²) in [5.74, 6) is 1.26. The van der Waals surface area contributed by atoms with Gasteiger partial charge in [-0.05, 0) is 41.5 Å². The number of benzene rings is 1. The first-order valence-corrected chi connectivity index (χ1v) is 8.61. The molecule has 1 aromatic carbocycles. The van der Waals surface area contributed by atoms with E-state index in [2.05, 4.69) is 5.32 Å². The molecule has 0 aromatic heterocycles. The number of ether oxygens (including phenoxy) is 1. The predicted octanol–water partition coefficient (Wildman–Crippen LogP) is 1.63. The lowest BCUT2D eigenvalue weighted by Crippen LogP contribution is -2.56. The Kier molecular flexibility index (Phi) is 4.29. The summed E-state index contributed by atoms with van der Waals surface area (Å²) in [6, 6.07) is 5.73. The van der Waals surface area contributed by atoms with Gasteiger partial charge in [0, 0.05) is 6.42 Å². The molecular formula is C16H19NO4S. The Morgan fingerprint density at radius 1 is 1.32 bits per heavy atom. The van der Waals surface area contributed by atoms with Gasteiger partial charge in [0.25, 0.3) is 0 Å². The first-order chi connectivity index (χ1) is 10.6. The molecule has 3 rings (SSSR count). The highest BCUT2D eigenvalue weighted by molar-refractivity contribution is 7.99. The zero-order valence-corrected chi connectivity index (χ0v) is 13.1. The summed E-state index contributed by atoms with van der Waals surface area (Å²) in [5, 5.41) is 12.3. The summed E-state index contributed by atoms with van der Waals surface area (Å²) in [4.78, 5) is 23.9. The number of nitrogens with one attached hydrogen (secondary N) is 1. The molecule has 2 heterocycles. The van der Waals surface area contributed by atoms with Crippen LogP contribution in [-0.4, -0.2) is 40.6 Å². The van der Waals surface area contributed by atoms with E-state index in [1.54, 1.807) is 11.8 Å². The molecule has 5 nitrogen and oxygen atoms in total. The van der Waals surface area contributed by atoms with E-state index in [-0.39, 0.29) is 12.3 Å². The van der Waals surface area contributed by atoms with E-state index >= 15 is 0 Å². The molecule has 2 aliphatic rings. The van der Waals surface area contributed by atoms with Crippen LogP contribution < -0.4 is 10.1 Å². The van der Waals surface area contributed by atoms with Gasteiger partial charge in [0.15, 0.2) is 0 Å². The van der Waals surface area contributed by atoms with Crippen molar-refractivity contribution in [2.75, 3.05) is 18.1 Å². The highest BCUT2D eigenvalue weighted by atomic mass is 32.2. The van der Waals surface area contributed by atoms with E-state index in [4.69, 9.17) is 4.74 Å². The third-order valence-corrected chi connectivity index (χ3v) is 5.24. The minimum atomic E-state index is -1.10. The van der Waals surface area contributed by atoms with Crippen molar-refractivity contribution in [3.63, 3.8) is 0 Å². The van der Waals surface area contributed by atoms with Crippen molar-refractivity contribution >= 4 is 23.6 Å². The van der Waals surface area contributed by atoms with Crippen LogP contribution in [0, 0.1) is 0 Å². The summed E-state index contributed by atoms with van der Waals surface area (Å²) in [6.45, 7) is 0.685. The minimum absolute atomic E-state index is 0.204. The topological polar surface area (TPSA) is 75.6 Å². The van der Waals surface area contributed by atoms with Crippen LogP contribution in [0.25, 0.3) is 0 Å². The molecule has 118 valence electrons. The van der Waals surface area contributed by atoms with Crippen LogP contribution in [0.15, 0.2) is 18.2 Å². The average Bonchev–Trinajstić information content (AvgIpc) is 2.95. The van der Waals surface area contributed by atoms with Crippen molar-refractivity contribution in [1.82, 2.24) is 5.32 Å². The van der Waals surface area contributed by atoms with E-state index in [1.165, 1.54) is 0 Å². The summed E-state index contributed by atoms with van der Waals surface area (Å²) >= 11 is 1.73. The van der Waals surface area contributed by atoms with Crippen LogP contribution in [0.1, 0.15) is 24.0 Å². The Labute approximate surface area is 133 Å². The molecule has 0 unspecified atom stereocenters. The van der Waals surface area contributed by atoms with Gasteiger partial charge in [-0.1, -0.05) is 12.1 Å². The van der Waals surface area contributed by atoms with Gasteiger partial charge in [0.1, 0.15) is 11.3 Å². The molecule has 1 fully saturated rings. The maximum Gasteiger partial charge on any atom is 0.329 e. The first-order valence-electron chi connectivity index (χ1n) is 7.46. The quantitative estimate of drug-likeness (QED) is 0.881. The SMILES string of the molecule is O=C(Cc1ccc2c(c1)CCO2)NC1(C(=O)O)CCSCC1. The maximum absolute atomic E-state index is 12.3. The van der Waals surface area contributed by atoms with Crippen LogP contribution in [0.4, 0.5) is 0 Å². The van der Waals surface area contributed by atoms with Crippen molar-refractivity contribution in [3.8, 4) is 5.75 Å². The number of aliphatic carboxylic acids is 1. The van der Waals surface area contributed by atoms with Crippen LogP contribution in [0.2, 0.25) is 0 Å². The molecule has 0 aliphatic carbocycles. The Bertz CT molecular complexity index is 596. The maximum atomic E-state index is 12.3. The number of fused-ring (bicyclic) bond motifs is 1. The summed E-state index contributed by atoms with van der Waals surface area (Å²) in [7, 11) is 0. The lowest BCUT2D eigenvalue weighted by atomic mass is 9.92. The van der Waals surface area contributed by atoms with E-state index in [0.717, 1.165) is 34.8 Å². The van der Waals surface area contributed by atoms with Gasteiger partial charge in [-0.15, -0.1) is 0 Å². The van der Waals surface area contributed by atoms with Crippen molar-refractivity contribution in [2.45, 2.75) is 31.2 Å². The fourth-order valence-corrected chi connectivity index (χ4v) is 4.15. The van der Waals surface area contributed by atoms with Gasteiger partial charge in [0.05, 0.1) is 13.0 Å². The lowest BCUT2D eigenvalue weighted by molar-refractivity contribution is -0.148. The lowest BCUT2D eigenvalue weighted by Gasteiger charge is -2.33. The van der Waals surface area contributed by atoms with Crippen LogP contribution in [0.3, 0.4) is 0 Å². The number of carboxylic acid groups (broad SMARTS) is 1. The number of rotatable bonds is 4. The molecule has 0 spiro atoms. The van der Waals surface area contributed by atoms with Gasteiger partial charge >= 0.3 is 5.97 Å². The molecule has 0 saturated carbocycles. The van der Waals surface area contributed by atoms with Gasteiger partial charge < -0.3 is 15.2 Å². The second-order valence-electron chi connectivity index (χ2n) is 5.77. The molecule has 22 heavy (non-hydrogen) atoms. The minimum Gasteiger partial charge on any atom is -0.493 e. The molecule has 2 N–H and O–H groups in total. The number of carbonyl (C=O) groups excluding carboxylic acids is 1.